The first kappa shape index (κ1) is 39.7. The zero-order chi connectivity index (χ0) is 39.3. The van der Waals surface area contributed by atoms with E-state index < -0.39 is 0 Å². The number of hydrogen-bond donors (Lipinski definition) is 3. The Morgan fingerprint density at radius 3 is 1.50 bits per heavy atom. The normalized spacial score (nSPS) is 14.4. The molecule has 0 saturated carbocycles. The monoisotopic (exact) mass is 743 g/mol. The first-order valence-corrected chi connectivity index (χ1v) is 18.5. The van der Waals surface area contributed by atoms with Crippen LogP contribution in [0.2, 0.25) is 0 Å². The quantitative estimate of drug-likeness (QED) is 0.180. The molecule has 0 unspecified atom stereocenters. The van der Waals surface area contributed by atoms with Gasteiger partial charge in [0.1, 0.15) is 54.3 Å². The van der Waals surface area contributed by atoms with Crippen LogP contribution in [0.1, 0.15) is 76.0 Å². The van der Waals surface area contributed by atoms with E-state index >= 15 is 0 Å². The highest BCUT2D eigenvalue weighted by molar-refractivity contribution is 5.67. The number of anilines is 5. The fourth-order valence-electron chi connectivity index (χ4n) is 6.41. The number of nitrogen functional groups attached to an aromatic ring is 2. The largest absolute Gasteiger partial charge is 0.508 e. The maximum Gasteiger partial charge on any atom is 0.222 e. The maximum absolute atomic E-state index is 9.82. The van der Waals surface area contributed by atoms with Gasteiger partial charge in [-0.3, -0.25) is 0 Å². The van der Waals surface area contributed by atoms with Crippen molar-refractivity contribution in [2.24, 2.45) is 0 Å². The van der Waals surface area contributed by atoms with Crippen molar-refractivity contribution in [3.63, 3.8) is 0 Å². The second-order valence-electron chi connectivity index (χ2n) is 14.7. The van der Waals surface area contributed by atoms with E-state index in [9.17, 15) is 5.11 Å². The SMILES string of the molecule is CC(C)c1cc2c(cc1O)OCCN2C.CC(C)c1cc2c(cc1Oc1cnc(N)nc1N)OCCN2C.COc1cc2c(cc1C(C)C)N(C)CCO2. The number of nitrogens with zero attached hydrogens (tertiary/aromatic N) is 5. The van der Waals surface area contributed by atoms with Crippen molar-refractivity contribution in [3.05, 3.63) is 59.3 Å². The Balaban J connectivity index is 0.000000161. The number of aromatic nitrogens is 2. The third-order valence-corrected chi connectivity index (χ3v) is 9.68. The van der Waals surface area contributed by atoms with Crippen molar-refractivity contribution in [3.8, 4) is 40.2 Å². The predicted octanol–water partition coefficient (Wildman–Crippen LogP) is 7.38. The lowest BCUT2D eigenvalue weighted by Crippen LogP contribution is -2.29. The Kier molecular flexibility index (Phi) is 12.6. The van der Waals surface area contributed by atoms with Crippen molar-refractivity contribution in [2.75, 3.05) is 93.9 Å². The minimum absolute atomic E-state index is 0.120. The van der Waals surface area contributed by atoms with Gasteiger partial charge in [-0.25, -0.2) is 4.98 Å². The van der Waals surface area contributed by atoms with Gasteiger partial charge in [0.2, 0.25) is 5.95 Å². The molecule has 0 aliphatic carbocycles. The molecule has 5 N–H and O–H groups in total. The van der Waals surface area contributed by atoms with Crippen LogP contribution in [0.15, 0.2) is 42.6 Å². The second kappa shape index (κ2) is 17.1. The van der Waals surface area contributed by atoms with E-state index in [0.717, 1.165) is 77.4 Å². The first-order chi connectivity index (χ1) is 25.7. The highest BCUT2D eigenvalue weighted by Crippen LogP contribution is 2.43. The fraction of sp³-hybridized carbons (Fsp3) is 0.463. The average Bonchev–Trinajstić information content (AvgIpc) is 3.12. The number of nitrogens with two attached hydrogens (primary N) is 2. The molecule has 13 heteroatoms. The molecule has 54 heavy (non-hydrogen) atoms. The zero-order valence-electron chi connectivity index (χ0n) is 33.4. The third kappa shape index (κ3) is 9.00. The van der Waals surface area contributed by atoms with Gasteiger partial charge in [0.25, 0.3) is 0 Å². The number of fused-ring (bicyclic) bond motifs is 3. The lowest BCUT2D eigenvalue weighted by atomic mass is 10.00. The number of ether oxygens (including phenoxy) is 5. The molecule has 0 amide bonds. The van der Waals surface area contributed by atoms with E-state index in [4.69, 9.17) is 35.2 Å². The van der Waals surface area contributed by atoms with Gasteiger partial charge in [0, 0.05) is 39.3 Å². The molecule has 0 bridgehead atoms. The number of benzene rings is 3. The Morgan fingerprint density at radius 2 is 1.06 bits per heavy atom. The van der Waals surface area contributed by atoms with Crippen LogP contribution in [0.3, 0.4) is 0 Å². The molecular weight excluding hydrogens is 686 g/mol. The fourth-order valence-corrected chi connectivity index (χ4v) is 6.41. The molecule has 7 rings (SSSR count). The molecule has 1 aromatic heterocycles. The number of hydrogen-bond acceptors (Lipinski definition) is 13. The molecule has 3 aromatic carbocycles. The predicted molar refractivity (Wildman–Crippen MR) is 217 cm³/mol. The summed E-state index contributed by atoms with van der Waals surface area (Å²) in [5, 5.41) is 9.82. The molecule has 0 atom stereocenters. The number of rotatable bonds is 6. The summed E-state index contributed by atoms with van der Waals surface area (Å²) in [7, 11) is 7.90. The van der Waals surface area contributed by atoms with Gasteiger partial charge in [0.15, 0.2) is 11.6 Å². The summed E-state index contributed by atoms with van der Waals surface area (Å²) >= 11 is 0. The molecule has 3 aliphatic heterocycles. The van der Waals surface area contributed by atoms with Crippen molar-refractivity contribution in [1.82, 2.24) is 9.97 Å². The van der Waals surface area contributed by atoms with Crippen molar-refractivity contribution in [1.29, 1.82) is 0 Å². The van der Waals surface area contributed by atoms with Crippen LogP contribution >= 0.6 is 0 Å². The Labute approximate surface area is 319 Å². The van der Waals surface area contributed by atoms with Crippen LogP contribution in [0.25, 0.3) is 0 Å². The third-order valence-electron chi connectivity index (χ3n) is 9.68. The molecular formula is C41H57N7O6. The maximum atomic E-state index is 9.82. The first-order valence-electron chi connectivity index (χ1n) is 18.5. The molecule has 0 radical (unpaired) electrons. The topological polar surface area (TPSA) is 154 Å². The molecule has 4 heterocycles. The molecule has 3 aliphatic rings. The van der Waals surface area contributed by atoms with Gasteiger partial charge < -0.3 is 55.0 Å². The molecule has 0 spiro atoms. The number of aromatic hydroxyl groups is 1. The molecule has 4 aromatic rings. The van der Waals surface area contributed by atoms with Gasteiger partial charge in [0.05, 0.1) is 50.0 Å². The summed E-state index contributed by atoms with van der Waals surface area (Å²) in [6.45, 7) is 17.5. The summed E-state index contributed by atoms with van der Waals surface area (Å²) in [5.74, 6) is 6.22. The average molecular weight is 744 g/mol. The lowest BCUT2D eigenvalue weighted by molar-refractivity contribution is 0.308. The van der Waals surface area contributed by atoms with E-state index in [-0.39, 0.29) is 17.7 Å². The van der Waals surface area contributed by atoms with E-state index in [1.165, 1.54) is 11.8 Å². The smallest absolute Gasteiger partial charge is 0.222 e. The summed E-state index contributed by atoms with van der Waals surface area (Å²) < 4.78 is 28.3. The van der Waals surface area contributed by atoms with Crippen LogP contribution in [0, 0.1) is 0 Å². The Hall–Kier alpha value is -5.46. The molecule has 292 valence electrons. The number of likely N-dealkylation sites (N-methyl/N-ethyl adjacent to an activating group) is 3. The van der Waals surface area contributed by atoms with Gasteiger partial charge >= 0.3 is 0 Å². The highest BCUT2D eigenvalue weighted by Gasteiger charge is 2.23. The zero-order valence-corrected chi connectivity index (χ0v) is 33.4. The number of methoxy groups -OCH3 is 1. The van der Waals surface area contributed by atoms with Crippen LogP contribution in [0.5, 0.6) is 40.2 Å². The molecule has 0 fully saturated rings. The van der Waals surface area contributed by atoms with Crippen molar-refractivity contribution in [2.45, 2.75) is 59.3 Å². The van der Waals surface area contributed by atoms with Gasteiger partial charge in [-0.15, -0.1) is 0 Å². The summed E-state index contributed by atoms with van der Waals surface area (Å²) in [4.78, 5) is 14.4. The Bertz CT molecular complexity index is 1910. The summed E-state index contributed by atoms with van der Waals surface area (Å²) in [6.07, 6.45) is 1.48. The standard InChI is InChI=1S/C16H21N5O2.C13H19NO2.C12H17NO2/c1-9(2)10-6-11-13(22-5-4-21(11)3)7-12(10)23-14-8-19-16(18)20-15(14)17;1-9(2)10-7-11-13(8-12(10)15-4)16-6-5-14(11)3;1-8(2)9-6-10-12(7-11(9)14)15-5-4-13(10)3/h6-9H,4-5H2,1-3H3,(H4,17,18,19,20);7-9H,5-6H2,1-4H3;6-8,14H,4-5H2,1-3H3. The van der Waals surface area contributed by atoms with Gasteiger partial charge in [-0.2, -0.15) is 4.98 Å². The summed E-state index contributed by atoms with van der Waals surface area (Å²) in [6, 6.07) is 11.9. The van der Waals surface area contributed by atoms with Gasteiger partial charge in [-0.05, 0) is 52.6 Å². The van der Waals surface area contributed by atoms with Crippen LogP contribution < -0.4 is 49.9 Å². The summed E-state index contributed by atoms with van der Waals surface area (Å²) in [5.41, 5.74) is 18.0. The van der Waals surface area contributed by atoms with Crippen LogP contribution in [-0.4, -0.2) is 82.8 Å². The Morgan fingerprint density at radius 1 is 0.630 bits per heavy atom. The minimum atomic E-state index is 0.120. The molecule has 0 saturated heterocycles. The van der Waals surface area contributed by atoms with Crippen molar-refractivity contribution >= 4 is 28.8 Å². The minimum Gasteiger partial charge on any atom is -0.508 e. The van der Waals surface area contributed by atoms with E-state index in [1.807, 2.05) is 25.2 Å². The van der Waals surface area contributed by atoms with Gasteiger partial charge in [-0.1, -0.05) is 41.5 Å². The van der Waals surface area contributed by atoms with E-state index in [1.54, 1.807) is 13.2 Å². The van der Waals surface area contributed by atoms with E-state index in [2.05, 4.69) is 92.4 Å². The van der Waals surface area contributed by atoms with Crippen LogP contribution in [-0.2, 0) is 0 Å². The number of phenolic OH excluding ortho intramolecular Hbond substituents is 1. The van der Waals surface area contributed by atoms with Crippen molar-refractivity contribution < 1.29 is 28.8 Å². The van der Waals surface area contributed by atoms with Crippen LogP contribution in [0.4, 0.5) is 28.8 Å². The lowest BCUT2D eigenvalue weighted by Gasteiger charge is -2.29. The molecule has 13 nitrogen and oxygen atoms in total. The highest BCUT2D eigenvalue weighted by atomic mass is 16.5. The second-order valence-corrected chi connectivity index (χ2v) is 14.7. The van der Waals surface area contributed by atoms with E-state index in [0.29, 0.717) is 42.3 Å². The number of phenols is 1.